The molecule has 0 aliphatic rings. The van der Waals surface area contributed by atoms with Crippen LogP contribution in [-0.4, -0.2) is 18.0 Å². The van der Waals surface area contributed by atoms with Gasteiger partial charge in [0.2, 0.25) is 0 Å². The fraction of sp³-hybridized carbons (Fsp3) is 0.286. The first kappa shape index (κ1) is 14.8. The minimum atomic E-state index is -0.573. The van der Waals surface area contributed by atoms with E-state index in [9.17, 15) is 9.59 Å². The second-order valence-electron chi connectivity index (χ2n) is 4.30. The topological polar surface area (TPSA) is 67.4 Å². The molecule has 0 aliphatic heterocycles. The Morgan fingerprint density at radius 2 is 1.84 bits per heavy atom. The Kier molecular flexibility index (Phi) is 5.60. The molecule has 0 unspecified atom stereocenters. The lowest BCUT2D eigenvalue weighted by molar-refractivity contribution is -0.112. The zero-order chi connectivity index (χ0) is 14.3. The van der Waals surface area contributed by atoms with Crippen molar-refractivity contribution in [2.45, 2.75) is 26.8 Å². The van der Waals surface area contributed by atoms with E-state index in [-0.39, 0.29) is 17.7 Å². The number of anilines is 1. The lowest BCUT2D eigenvalue weighted by Crippen LogP contribution is -2.30. The van der Waals surface area contributed by atoms with E-state index in [2.05, 4.69) is 10.6 Å². The molecule has 0 heterocycles. The summed E-state index contributed by atoms with van der Waals surface area (Å²) in [6.45, 7) is 5.19. The van der Waals surface area contributed by atoms with Gasteiger partial charge in [-0.3, -0.25) is 4.79 Å². The molecular formula is C14H18N2O3. The van der Waals surface area contributed by atoms with Crippen LogP contribution < -0.4 is 10.6 Å². The lowest BCUT2D eigenvalue weighted by Gasteiger charge is -2.09. The summed E-state index contributed by atoms with van der Waals surface area (Å²) in [4.78, 5) is 22.9. The van der Waals surface area contributed by atoms with Crippen LogP contribution in [-0.2, 0) is 9.53 Å². The molecule has 1 aromatic carbocycles. The van der Waals surface area contributed by atoms with Crippen molar-refractivity contribution in [3.8, 4) is 0 Å². The second kappa shape index (κ2) is 7.20. The first-order valence-electron chi connectivity index (χ1n) is 6.00. The van der Waals surface area contributed by atoms with Crippen LogP contribution >= 0.6 is 0 Å². The molecule has 19 heavy (non-hydrogen) atoms. The molecule has 0 saturated carbocycles. The Bertz CT molecular complexity index is 467. The highest BCUT2D eigenvalue weighted by Crippen LogP contribution is 2.05. The molecule has 0 saturated heterocycles. The summed E-state index contributed by atoms with van der Waals surface area (Å²) in [5, 5.41) is 5.22. The number of benzene rings is 1. The maximum Gasteiger partial charge on any atom is 0.412 e. The van der Waals surface area contributed by atoms with Crippen LogP contribution in [0.15, 0.2) is 42.2 Å². The molecule has 2 amide bonds. The Balaban J connectivity index is 2.50. The van der Waals surface area contributed by atoms with Crippen molar-refractivity contribution in [2.75, 3.05) is 5.32 Å². The average molecular weight is 262 g/mol. The molecule has 0 aliphatic carbocycles. The van der Waals surface area contributed by atoms with Crippen LogP contribution in [0.5, 0.6) is 0 Å². The third kappa shape index (κ3) is 6.26. The number of nitrogens with one attached hydrogen (secondary N) is 2. The van der Waals surface area contributed by atoms with E-state index in [0.717, 1.165) is 0 Å². The maximum atomic E-state index is 11.6. The van der Waals surface area contributed by atoms with Crippen LogP contribution in [0.3, 0.4) is 0 Å². The van der Waals surface area contributed by atoms with Crippen LogP contribution in [0.25, 0.3) is 0 Å². The summed E-state index contributed by atoms with van der Waals surface area (Å²) in [5.74, 6) is -0.118. The third-order valence-corrected chi connectivity index (χ3v) is 2.04. The predicted molar refractivity (Wildman–Crippen MR) is 73.6 cm³/mol. The van der Waals surface area contributed by atoms with Gasteiger partial charge >= 0.3 is 6.09 Å². The van der Waals surface area contributed by atoms with Crippen LogP contribution in [0.1, 0.15) is 20.8 Å². The summed E-state index contributed by atoms with van der Waals surface area (Å²) >= 11 is 0. The SMILES string of the molecule is C/C(=C/C(=O)Nc1ccccc1)OC(=O)NC(C)C. The van der Waals surface area contributed by atoms with Gasteiger partial charge in [-0.2, -0.15) is 0 Å². The van der Waals surface area contributed by atoms with Crippen LogP contribution in [0.2, 0.25) is 0 Å². The van der Waals surface area contributed by atoms with Crippen LogP contribution in [0, 0.1) is 0 Å². The Labute approximate surface area is 112 Å². The molecular weight excluding hydrogens is 244 g/mol. The first-order chi connectivity index (χ1) is 8.97. The van der Waals surface area contributed by atoms with Gasteiger partial charge in [0.25, 0.3) is 5.91 Å². The number of carbonyl (C=O) groups excluding carboxylic acids is 2. The largest absolute Gasteiger partial charge is 0.415 e. The molecule has 5 heteroatoms. The van der Waals surface area contributed by atoms with Gasteiger partial charge in [0, 0.05) is 17.8 Å². The Morgan fingerprint density at radius 3 is 2.42 bits per heavy atom. The molecule has 0 spiro atoms. The number of hydrogen-bond donors (Lipinski definition) is 2. The summed E-state index contributed by atoms with van der Waals surface area (Å²) in [7, 11) is 0. The van der Waals surface area contributed by atoms with Crippen molar-refractivity contribution in [1.82, 2.24) is 5.32 Å². The standard InChI is InChI=1S/C14H18N2O3/c1-10(2)15-14(18)19-11(3)9-13(17)16-12-7-5-4-6-8-12/h4-10H,1-3H3,(H,15,18)(H,16,17)/b11-9-. The van der Waals surface area contributed by atoms with Crippen molar-refractivity contribution in [1.29, 1.82) is 0 Å². The quantitative estimate of drug-likeness (QED) is 0.647. The minimum absolute atomic E-state index is 0.0153. The monoisotopic (exact) mass is 262 g/mol. The zero-order valence-corrected chi connectivity index (χ0v) is 11.3. The molecule has 5 nitrogen and oxygen atoms in total. The van der Waals surface area contributed by atoms with Crippen molar-refractivity contribution in [2.24, 2.45) is 0 Å². The Morgan fingerprint density at radius 1 is 1.21 bits per heavy atom. The smallest absolute Gasteiger partial charge is 0.412 e. The number of allylic oxidation sites excluding steroid dienone is 1. The van der Waals surface area contributed by atoms with Crippen molar-refractivity contribution in [3.63, 3.8) is 0 Å². The van der Waals surface area contributed by atoms with E-state index < -0.39 is 6.09 Å². The zero-order valence-electron chi connectivity index (χ0n) is 11.3. The summed E-state index contributed by atoms with van der Waals surface area (Å²) in [5.41, 5.74) is 0.684. The fourth-order valence-electron chi connectivity index (χ4n) is 1.33. The molecule has 0 aromatic heterocycles. The number of carbonyl (C=O) groups is 2. The maximum absolute atomic E-state index is 11.6. The number of ether oxygens (including phenoxy) is 1. The average Bonchev–Trinajstić information content (AvgIpc) is 2.28. The van der Waals surface area contributed by atoms with Crippen LogP contribution in [0.4, 0.5) is 10.5 Å². The summed E-state index contributed by atoms with van der Waals surface area (Å²) in [6, 6.07) is 9.02. The predicted octanol–water partition coefficient (Wildman–Crippen LogP) is 2.66. The second-order valence-corrected chi connectivity index (χ2v) is 4.30. The summed E-state index contributed by atoms with van der Waals surface area (Å²) < 4.78 is 4.92. The number of amides is 2. The minimum Gasteiger partial charge on any atom is -0.415 e. The van der Waals surface area contributed by atoms with Crippen molar-refractivity contribution in [3.05, 3.63) is 42.2 Å². The summed E-state index contributed by atoms with van der Waals surface area (Å²) in [6.07, 6.45) is 0.656. The molecule has 1 aromatic rings. The van der Waals surface area contributed by atoms with Crippen molar-refractivity contribution < 1.29 is 14.3 Å². The molecule has 0 fully saturated rings. The molecule has 0 bridgehead atoms. The van der Waals surface area contributed by atoms with Crippen molar-refractivity contribution >= 4 is 17.7 Å². The number of para-hydroxylation sites is 1. The molecule has 102 valence electrons. The highest BCUT2D eigenvalue weighted by molar-refractivity contribution is 5.99. The third-order valence-electron chi connectivity index (χ3n) is 2.04. The normalized spacial score (nSPS) is 11.1. The van der Waals surface area contributed by atoms with Gasteiger partial charge in [-0.1, -0.05) is 18.2 Å². The van der Waals surface area contributed by atoms with E-state index in [1.54, 1.807) is 19.1 Å². The highest BCUT2D eigenvalue weighted by atomic mass is 16.6. The first-order valence-corrected chi connectivity index (χ1v) is 6.00. The molecule has 0 radical (unpaired) electrons. The lowest BCUT2D eigenvalue weighted by atomic mass is 10.3. The van der Waals surface area contributed by atoms with E-state index in [1.165, 1.54) is 6.08 Å². The van der Waals surface area contributed by atoms with Gasteiger partial charge in [0.05, 0.1) is 0 Å². The number of alkyl carbamates (subject to hydrolysis) is 1. The number of hydrogen-bond acceptors (Lipinski definition) is 3. The number of rotatable bonds is 4. The Hall–Kier alpha value is -2.30. The van der Waals surface area contributed by atoms with E-state index >= 15 is 0 Å². The van der Waals surface area contributed by atoms with Gasteiger partial charge in [-0.15, -0.1) is 0 Å². The van der Waals surface area contributed by atoms with Gasteiger partial charge in [0.15, 0.2) is 0 Å². The van der Waals surface area contributed by atoms with E-state index in [4.69, 9.17) is 4.74 Å². The van der Waals surface area contributed by atoms with Gasteiger partial charge in [-0.25, -0.2) is 4.79 Å². The van der Waals surface area contributed by atoms with Gasteiger partial charge < -0.3 is 15.4 Å². The molecule has 2 N–H and O–H groups in total. The molecule has 0 atom stereocenters. The fourth-order valence-corrected chi connectivity index (χ4v) is 1.33. The molecule has 1 rings (SSSR count). The highest BCUT2D eigenvalue weighted by Gasteiger charge is 2.06. The van der Waals surface area contributed by atoms with E-state index in [0.29, 0.717) is 5.69 Å². The van der Waals surface area contributed by atoms with Gasteiger partial charge in [0.1, 0.15) is 5.76 Å². The van der Waals surface area contributed by atoms with E-state index in [1.807, 2.05) is 32.0 Å². The van der Waals surface area contributed by atoms with Gasteiger partial charge in [-0.05, 0) is 32.9 Å².